The van der Waals surface area contributed by atoms with Crippen LogP contribution in [0.1, 0.15) is 19.8 Å². The molecule has 6 heteroatoms. The predicted octanol–water partition coefficient (Wildman–Crippen LogP) is 3.38. The zero-order chi connectivity index (χ0) is 14.4. The van der Waals surface area contributed by atoms with Crippen LogP contribution in [-0.4, -0.2) is 35.2 Å². The topological polar surface area (TPSA) is 60.0 Å². The van der Waals surface area contributed by atoms with Crippen molar-refractivity contribution in [1.82, 2.24) is 15.2 Å². The molecule has 1 N–H and O–H groups in total. The zero-order valence-electron chi connectivity index (χ0n) is 12.0. The van der Waals surface area contributed by atoms with Crippen LogP contribution >= 0.6 is 11.8 Å². The SMILES string of the molecule is CCCCSc1n[nH]c(-c2ccc(OC)cc2OC)n1. The van der Waals surface area contributed by atoms with Gasteiger partial charge in [-0.3, -0.25) is 5.10 Å². The Morgan fingerprint density at radius 1 is 1.25 bits per heavy atom. The van der Waals surface area contributed by atoms with Crippen LogP contribution in [0, 0.1) is 0 Å². The summed E-state index contributed by atoms with van der Waals surface area (Å²) in [5.74, 6) is 3.21. The lowest BCUT2D eigenvalue weighted by Crippen LogP contribution is -1.91. The van der Waals surface area contributed by atoms with Gasteiger partial charge >= 0.3 is 0 Å². The number of hydrogen-bond acceptors (Lipinski definition) is 5. The average molecular weight is 293 g/mol. The molecule has 5 nitrogen and oxygen atoms in total. The highest BCUT2D eigenvalue weighted by Gasteiger charge is 2.12. The third-order valence-corrected chi connectivity index (χ3v) is 3.79. The normalized spacial score (nSPS) is 10.6. The molecule has 0 atom stereocenters. The Hall–Kier alpha value is -1.69. The molecule has 0 aliphatic rings. The molecule has 0 saturated carbocycles. The maximum atomic E-state index is 5.38. The Kier molecular flexibility index (Phi) is 5.29. The predicted molar refractivity (Wildman–Crippen MR) is 80.6 cm³/mol. The van der Waals surface area contributed by atoms with E-state index in [-0.39, 0.29) is 0 Å². The first-order valence-corrected chi connectivity index (χ1v) is 7.54. The summed E-state index contributed by atoms with van der Waals surface area (Å²) in [4.78, 5) is 4.49. The highest BCUT2D eigenvalue weighted by molar-refractivity contribution is 7.99. The van der Waals surface area contributed by atoms with Crippen LogP contribution in [0.3, 0.4) is 0 Å². The lowest BCUT2D eigenvalue weighted by atomic mass is 10.2. The summed E-state index contributed by atoms with van der Waals surface area (Å²) in [6, 6.07) is 5.63. The molecule has 0 aliphatic carbocycles. The van der Waals surface area contributed by atoms with E-state index in [2.05, 4.69) is 22.1 Å². The number of thioether (sulfide) groups is 1. The van der Waals surface area contributed by atoms with Crippen LogP contribution in [0.2, 0.25) is 0 Å². The largest absolute Gasteiger partial charge is 0.497 e. The molecule has 108 valence electrons. The van der Waals surface area contributed by atoms with Gasteiger partial charge in [-0.15, -0.1) is 5.10 Å². The van der Waals surface area contributed by atoms with E-state index in [4.69, 9.17) is 9.47 Å². The number of benzene rings is 1. The second kappa shape index (κ2) is 7.19. The van der Waals surface area contributed by atoms with Gasteiger partial charge in [0.15, 0.2) is 5.82 Å². The van der Waals surface area contributed by atoms with Gasteiger partial charge in [-0.2, -0.15) is 0 Å². The summed E-state index contributed by atoms with van der Waals surface area (Å²) in [5, 5.41) is 7.95. The van der Waals surface area contributed by atoms with Crippen molar-refractivity contribution < 1.29 is 9.47 Å². The number of nitrogens with zero attached hydrogens (tertiary/aromatic N) is 2. The van der Waals surface area contributed by atoms with E-state index >= 15 is 0 Å². The fourth-order valence-electron chi connectivity index (χ4n) is 1.73. The Bertz CT molecular complexity index is 557. The van der Waals surface area contributed by atoms with E-state index in [0.29, 0.717) is 11.6 Å². The molecule has 0 radical (unpaired) electrons. The van der Waals surface area contributed by atoms with Crippen molar-refractivity contribution in [2.24, 2.45) is 0 Å². The number of hydrogen-bond donors (Lipinski definition) is 1. The Morgan fingerprint density at radius 3 is 2.80 bits per heavy atom. The van der Waals surface area contributed by atoms with E-state index in [0.717, 1.165) is 22.2 Å². The summed E-state index contributed by atoms with van der Waals surface area (Å²) in [7, 11) is 3.26. The van der Waals surface area contributed by atoms with E-state index < -0.39 is 0 Å². The van der Waals surface area contributed by atoms with Gasteiger partial charge in [-0.1, -0.05) is 25.1 Å². The fourth-order valence-corrected chi connectivity index (χ4v) is 2.61. The molecule has 1 heterocycles. The summed E-state index contributed by atoms with van der Waals surface area (Å²) < 4.78 is 10.6. The van der Waals surface area contributed by atoms with Crippen molar-refractivity contribution in [3.05, 3.63) is 18.2 Å². The minimum absolute atomic E-state index is 0.712. The Labute approximate surface area is 123 Å². The van der Waals surface area contributed by atoms with E-state index in [9.17, 15) is 0 Å². The van der Waals surface area contributed by atoms with Crippen LogP contribution in [0.15, 0.2) is 23.4 Å². The molecule has 0 bridgehead atoms. The first kappa shape index (κ1) is 14.7. The minimum atomic E-state index is 0.712. The quantitative estimate of drug-likeness (QED) is 0.626. The van der Waals surface area contributed by atoms with Crippen LogP contribution in [0.5, 0.6) is 11.5 Å². The van der Waals surface area contributed by atoms with Gasteiger partial charge in [0.25, 0.3) is 0 Å². The molecule has 1 aromatic heterocycles. The standard InChI is InChI=1S/C14H19N3O2S/c1-4-5-8-20-14-15-13(16-17-14)11-7-6-10(18-2)9-12(11)19-3/h6-7,9H,4-5,8H2,1-3H3,(H,15,16,17). The number of H-pyrrole nitrogens is 1. The lowest BCUT2D eigenvalue weighted by Gasteiger charge is -2.07. The first-order chi connectivity index (χ1) is 9.78. The monoisotopic (exact) mass is 293 g/mol. The zero-order valence-corrected chi connectivity index (χ0v) is 12.8. The third kappa shape index (κ3) is 3.45. The van der Waals surface area contributed by atoms with Gasteiger partial charge in [0.2, 0.25) is 5.16 Å². The summed E-state index contributed by atoms with van der Waals surface area (Å²) in [6.45, 7) is 2.17. The summed E-state index contributed by atoms with van der Waals surface area (Å²) in [6.07, 6.45) is 2.34. The molecule has 1 aromatic carbocycles. The van der Waals surface area contributed by atoms with Crippen molar-refractivity contribution in [2.75, 3.05) is 20.0 Å². The van der Waals surface area contributed by atoms with Gasteiger partial charge in [0.1, 0.15) is 11.5 Å². The molecule has 2 aromatic rings. The highest BCUT2D eigenvalue weighted by atomic mass is 32.2. The Balaban J connectivity index is 2.18. The fraction of sp³-hybridized carbons (Fsp3) is 0.429. The van der Waals surface area contributed by atoms with Crippen LogP contribution in [0.4, 0.5) is 0 Å². The number of rotatable bonds is 7. The summed E-state index contributed by atoms with van der Waals surface area (Å²) >= 11 is 1.66. The smallest absolute Gasteiger partial charge is 0.208 e. The van der Waals surface area contributed by atoms with E-state index in [1.54, 1.807) is 26.0 Å². The maximum absolute atomic E-state index is 5.38. The number of aromatic nitrogens is 3. The molecule has 2 rings (SSSR count). The Morgan fingerprint density at radius 2 is 2.10 bits per heavy atom. The van der Waals surface area contributed by atoms with Crippen molar-refractivity contribution >= 4 is 11.8 Å². The van der Waals surface area contributed by atoms with Crippen molar-refractivity contribution in [3.8, 4) is 22.9 Å². The second-order valence-electron chi connectivity index (χ2n) is 4.23. The van der Waals surface area contributed by atoms with Gasteiger partial charge in [-0.25, -0.2) is 4.98 Å². The van der Waals surface area contributed by atoms with Crippen molar-refractivity contribution in [3.63, 3.8) is 0 Å². The molecule has 0 aliphatic heterocycles. The molecular weight excluding hydrogens is 274 g/mol. The maximum Gasteiger partial charge on any atom is 0.208 e. The van der Waals surface area contributed by atoms with Crippen LogP contribution < -0.4 is 9.47 Å². The molecule has 0 spiro atoms. The van der Waals surface area contributed by atoms with Gasteiger partial charge in [0, 0.05) is 11.8 Å². The first-order valence-electron chi connectivity index (χ1n) is 6.56. The van der Waals surface area contributed by atoms with Gasteiger partial charge in [0.05, 0.1) is 19.8 Å². The van der Waals surface area contributed by atoms with Crippen LogP contribution in [0.25, 0.3) is 11.4 Å². The minimum Gasteiger partial charge on any atom is -0.497 e. The average Bonchev–Trinajstić information content (AvgIpc) is 2.95. The molecule has 0 unspecified atom stereocenters. The lowest BCUT2D eigenvalue weighted by molar-refractivity contribution is 0.395. The molecule has 20 heavy (non-hydrogen) atoms. The molecular formula is C14H19N3O2S. The van der Waals surface area contributed by atoms with Gasteiger partial charge in [-0.05, 0) is 18.6 Å². The second-order valence-corrected chi connectivity index (χ2v) is 5.30. The van der Waals surface area contributed by atoms with Crippen LogP contribution in [-0.2, 0) is 0 Å². The summed E-state index contributed by atoms with van der Waals surface area (Å²) in [5.41, 5.74) is 0.878. The van der Waals surface area contributed by atoms with Gasteiger partial charge < -0.3 is 9.47 Å². The third-order valence-electron chi connectivity index (χ3n) is 2.86. The van der Waals surface area contributed by atoms with Crippen molar-refractivity contribution in [1.29, 1.82) is 0 Å². The van der Waals surface area contributed by atoms with E-state index in [1.807, 2.05) is 18.2 Å². The number of aromatic amines is 1. The highest BCUT2D eigenvalue weighted by Crippen LogP contribution is 2.31. The molecule has 0 saturated heterocycles. The number of unbranched alkanes of at least 4 members (excludes halogenated alkanes) is 1. The number of nitrogens with one attached hydrogen (secondary N) is 1. The molecule has 0 amide bonds. The van der Waals surface area contributed by atoms with E-state index in [1.165, 1.54) is 12.8 Å². The number of methoxy groups -OCH3 is 2. The molecule has 0 fully saturated rings. The number of ether oxygens (including phenoxy) is 2. The van der Waals surface area contributed by atoms with Crippen molar-refractivity contribution in [2.45, 2.75) is 24.9 Å².